The summed E-state index contributed by atoms with van der Waals surface area (Å²) in [6.07, 6.45) is 6.67. The molecule has 0 spiro atoms. The van der Waals surface area contributed by atoms with E-state index in [2.05, 4.69) is 48.5 Å². The Kier molecular flexibility index (Phi) is 4.30. The second-order valence-corrected chi connectivity index (χ2v) is 6.75. The van der Waals surface area contributed by atoms with E-state index >= 15 is 0 Å². The Morgan fingerprint density at radius 2 is 2.10 bits per heavy atom. The van der Waals surface area contributed by atoms with Gasteiger partial charge in [-0.15, -0.1) is 0 Å². The molecule has 1 fully saturated rings. The third-order valence-corrected chi connectivity index (χ3v) is 5.28. The van der Waals surface area contributed by atoms with Crippen molar-refractivity contribution in [3.8, 4) is 0 Å². The van der Waals surface area contributed by atoms with Crippen molar-refractivity contribution in [2.24, 2.45) is 11.8 Å². The predicted molar refractivity (Wildman–Crippen MR) is 86.3 cm³/mol. The third kappa shape index (κ3) is 2.85. The maximum absolute atomic E-state index is 3.56. The Hall–Kier alpha value is -1.02. The summed E-state index contributed by atoms with van der Waals surface area (Å²) in [4.78, 5) is 2.64. The monoisotopic (exact) mass is 272 g/mol. The van der Waals surface area contributed by atoms with Gasteiger partial charge in [-0.1, -0.05) is 25.1 Å². The van der Waals surface area contributed by atoms with Crippen molar-refractivity contribution in [1.82, 2.24) is 5.32 Å². The molecular formula is C18H28N2. The highest BCUT2D eigenvalue weighted by molar-refractivity contribution is 5.55. The summed E-state index contributed by atoms with van der Waals surface area (Å²) in [5.41, 5.74) is 3.04. The lowest BCUT2D eigenvalue weighted by atomic mass is 9.78. The molecule has 3 unspecified atom stereocenters. The molecule has 2 nitrogen and oxygen atoms in total. The van der Waals surface area contributed by atoms with E-state index < -0.39 is 0 Å². The molecule has 2 heteroatoms. The molecule has 1 saturated carbocycles. The van der Waals surface area contributed by atoms with Crippen LogP contribution in [-0.4, -0.2) is 26.2 Å². The molecule has 110 valence electrons. The van der Waals surface area contributed by atoms with Crippen LogP contribution in [0.5, 0.6) is 0 Å². The van der Waals surface area contributed by atoms with Gasteiger partial charge < -0.3 is 10.2 Å². The van der Waals surface area contributed by atoms with E-state index in [4.69, 9.17) is 0 Å². The molecule has 20 heavy (non-hydrogen) atoms. The minimum atomic E-state index is 0.709. The minimum absolute atomic E-state index is 0.709. The third-order valence-electron chi connectivity index (χ3n) is 5.28. The van der Waals surface area contributed by atoms with Gasteiger partial charge in [0, 0.05) is 24.8 Å². The molecule has 0 bridgehead atoms. The van der Waals surface area contributed by atoms with Crippen LogP contribution in [0, 0.1) is 11.8 Å². The lowest BCUT2D eigenvalue weighted by molar-refractivity contribution is 0.223. The fourth-order valence-corrected chi connectivity index (χ4v) is 4.16. The number of nitrogens with zero attached hydrogens (tertiary/aromatic N) is 1. The molecule has 0 saturated heterocycles. The van der Waals surface area contributed by atoms with Gasteiger partial charge in [0.1, 0.15) is 0 Å². The summed E-state index contributed by atoms with van der Waals surface area (Å²) in [6.45, 7) is 4.88. The number of nitrogens with one attached hydrogen (secondary N) is 1. The zero-order valence-corrected chi connectivity index (χ0v) is 12.9. The number of rotatable bonds is 3. The number of aryl methyl sites for hydroxylation is 1. The highest BCUT2D eigenvalue weighted by Crippen LogP contribution is 2.33. The van der Waals surface area contributed by atoms with Crippen LogP contribution in [0.15, 0.2) is 24.3 Å². The predicted octanol–water partition coefficient (Wildman–Crippen LogP) is 3.46. The van der Waals surface area contributed by atoms with Crippen molar-refractivity contribution in [3.63, 3.8) is 0 Å². The lowest BCUT2D eigenvalue weighted by Crippen LogP contribution is -2.45. The van der Waals surface area contributed by atoms with E-state index in [1.807, 2.05) is 0 Å². The van der Waals surface area contributed by atoms with Gasteiger partial charge in [0.15, 0.2) is 0 Å². The maximum atomic E-state index is 3.56. The Morgan fingerprint density at radius 3 is 2.95 bits per heavy atom. The molecule has 3 rings (SSSR count). The SMILES string of the molecule is CNC1CCC(C)CC1CN1CCCc2ccccc21. The molecule has 1 N–H and O–H groups in total. The highest BCUT2D eigenvalue weighted by atomic mass is 15.1. The summed E-state index contributed by atoms with van der Waals surface area (Å²) in [5, 5.41) is 3.56. The van der Waals surface area contributed by atoms with Crippen LogP contribution in [0.4, 0.5) is 5.69 Å². The summed E-state index contributed by atoms with van der Waals surface area (Å²) < 4.78 is 0. The first kappa shape index (κ1) is 13.9. The average Bonchev–Trinajstić information content (AvgIpc) is 2.48. The first-order valence-electron chi connectivity index (χ1n) is 8.28. The Balaban J connectivity index is 1.74. The quantitative estimate of drug-likeness (QED) is 0.906. The number of hydrogen-bond donors (Lipinski definition) is 1. The summed E-state index contributed by atoms with van der Waals surface area (Å²) in [7, 11) is 2.14. The molecule has 1 heterocycles. The van der Waals surface area contributed by atoms with E-state index in [1.165, 1.54) is 50.9 Å². The second kappa shape index (κ2) is 6.17. The van der Waals surface area contributed by atoms with E-state index in [-0.39, 0.29) is 0 Å². The van der Waals surface area contributed by atoms with Crippen LogP contribution in [0.2, 0.25) is 0 Å². The van der Waals surface area contributed by atoms with Gasteiger partial charge in [-0.3, -0.25) is 0 Å². The molecule has 1 aliphatic heterocycles. The van der Waals surface area contributed by atoms with E-state index in [0.29, 0.717) is 6.04 Å². The zero-order valence-electron chi connectivity index (χ0n) is 12.9. The van der Waals surface area contributed by atoms with Crippen LogP contribution >= 0.6 is 0 Å². The number of para-hydroxylation sites is 1. The van der Waals surface area contributed by atoms with Crippen molar-refractivity contribution in [1.29, 1.82) is 0 Å². The lowest BCUT2D eigenvalue weighted by Gasteiger charge is -2.40. The molecule has 1 aromatic carbocycles. The van der Waals surface area contributed by atoms with Crippen LogP contribution in [0.1, 0.15) is 38.2 Å². The van der Waals surface area contributed by atoms with E-state index in [0.717, 1.165) is 11.8 Å². The van der Waals surface area contributed by atoms with Crippen molar-refractivity contribution >= 4 is 5.69 Å². The Bertz CT molecular complexity index is 443. The van der Waals surface area contributed by atoms with Crippen molar-refractivity contribution in [2.75, 3.05) is 25.0 Å². The fourth-order valence-electron chi connectivity index (χ4n) is 4.16. The smallest absolute Gasteiger partial charge is 0.0398 e. The molecule has 1 aromatic rings. The molecule has 0 amide bonds. The number of fused-ring (bicyclic) bond motifs is 1. The normalized spacial score (nSPS) is 30.1. The Labute approximate surface area is 123 Å². The molecule has 0 aromatic heterocycles. The number of hydrogen-bond acceptors (Lipinski definition) is 2. The summed E-state index contributed by atoms with van der Waals surface area (Å²) in [6, 6.07) is 9.70. The summed E-state index contributed by atoms with van der Waals surface area (Å²) >= 11 is 0. The van der Waals surface area contributed by atoms with E-state index in [1.54, 1.807) is 5.56 Å². The van der Waals surface area contributed by atoms with Crippen LogP contribution in [0.3, 0.4) is 0 Å². The molecule has 3 atom stereocenters. The maximum Gasteiger partial charge on any atom is 0.0398 e. The second-order valence-electron chi connectivity index (χ2n) is 6.75. The minimum Gasteiger partial charge on any atom is -0.371 e. The first-order chi connectivity index (χ1) is 9.78. The van der Waals surface area contributed by atoms with Gasteiger partial charge in [0.25, 0.3) is 0 Å². The van der Waals surface area contributed by atoms with Gasteiger partial charge in [0.2, 0.25) is 0 Å². The Morgan fingerprint density at radius 1 is 1.25 bits per heavy atom. The summed E-state index contributed by atoms with van der Waals surface area (Å²) in [5.74, 6) is 1.69. The first-order valence-corrected chi connectivity index (χ1v) is 8.28. The van der Waals surface area contributed by atoms with Gasteiger partial charge >= 0.3 is 0 Å². The van der Waals surface area contributed by atoms with Crippen LogP contribution < -0.4 is 10.2 Å². The van der Waals surface area contributed by atoms with Crippen molar-refractivity contribution in [2.45, 2.75) is 45.1 Å². The highest BCUT2D eigenvalue weighted by Gasteiger charge is 2.30. The largest absolute Gasteiger partial charge is 0.371 e. The van der Waals surface area contributed by atoms with Crippen LogP contribution in [-0.2, 0) is 6.42 Å². The zero-order chi connectivity index (χ0) is 13.9. The number of benzene rings is 1. The van der Waals surface area contributed by atoms with Gasteiger partial charge in [0.05, 0.1) is 0 Å². The molecule has 1 aliphatic carbocycles. The van der Waals surface area contributed by atoms with Crippen molar-refractivity contribution in [3.05, 3.63) is 29.8 Å². The van der Waals surface area contributed by atoms with E-state index in [9.17, 15) is 0 Å². The molecule has 2 aliphatic rings. The van der Waals surface area contributed by atoms with Crippen LogP contribution in [0.25, 0.3) is 0 Å². The molecule has 0 radical (unpaired) electrons. The van der Waals surface area contributed by atoms with Crippen molar-refractivity contribution < 1.29 is 0 Å². The van der Waals surface area contributed by atoms with Gasteiger partial charge in [-0.05, 0) is 62.6 Å². The number of anilines is 1. The average molecular weight is 272 g/mol. The van der Waals surface area contributed by atoms with Gasteiger partial charge in [-0.25, -0.2) is 0 Å². The van der Waals surface area contributed by atoms with Gasteiger partial charge in [-0.2, -0.15) is 0 Å². The molecular weight excluding hydrogens is 244 g/mol. The fraction of sp³-hybridized carbons (Fsp3) is 0.667. The topological polar surface area (TPSA) is 15.3 Å². The standard InChI is InChI=1S/C18H28N2/c1-14-9-10-17(19-2)16(12-14)13-20-11-5-7-15-6-3-4-8-18(15)20/h3-4,6,8,14,16-17,19H,5,7,9-13H2,1-2H3.